The van der Waals surface area contributed by atoms with Crippen LogP contribution < -0.4 is 18.9 Å². The fourth-order valence-electron chi connectivity index (χ4n) is 13.9. The normalized spacial score (nSPS) is 29.9. The number of rotatable bonds is 18. The van der Waals surface area contributed by atoms with E-state index in [1.54, 1.807) is 0 Å². The van der Waals surface area contributed by atoms with Crippen molar-refractivity contribution < 1.29 is 37.7 Å². The van der Waals surface area contributed by atoms with Gasteiger partial charge in [0.2, 0.25) is 0 Å². The zero-order chi connectivity index (χ0) is 46.4. The lowest BCUT2D eigenvalue weighted by atomic mass is 9.45. The van der Waals surface area contributed by atoms with E-state index in [-0.39, 0.29) is 41.8 Å². The molecule has 0 heterocycles. The summed E-state index contributed by atoms with van der Waals surface area (Å²) in [6, 6.07) is 38.3. The summed E-state index contributed by atoms with van der Waals surface area (Å²) in [5.74, 6) is 8.23. The van der Waals surface area contributed by atoms with Crippen molar-refractivity contribution in [3.05, 3.63) is 138 Å². The summed E-state index contributed by atoms with van der Waals surface area (Å²) in [4.78, 5) is 29.3. The van der Waals surface area contributed by atoms with Crippen LogP contribution >= 0.6 is 0 Å². The number of ether oxygens (including phenoxy) is 5. The lowest BCUT2D eigenvalue weighted by molar-refractivity contribution is -0.204. The Hall–Kier alpha value is -5.28. The Morgan fingerprint density at radius 3 is 1.29 bits per heavy atom. The third-order valence-corrected chi connectivity index (χ3v) is 19.5. The highest BCUT2D eigenvalue weighted by Gasteiger charge is 2.57. The number of halogens is 1. The van der Waals surface area contributed by atoms with Crippen LogP contribution in [-0.4, -0.2) is 30.6 Å². The number of carbonyl (C=O) groups excluding carboxylic acids is 2. The third kappa shape index (κ3) is 9.53. The highest BCUT2D eigenvalue weighted by atomic mass is 32.2. The molecule has 5 aromatic carbocycles. The van der Waals surface area contributed by atoms with E-state index < -0.39 is 10.9 Å². The Morgan fingerprint density at radius 1 is 0.485 bits per heavy atom. The Morgan fingerprint density at radius 2 is 0.853 bits per heavy atom. The first-order valence-electron chi connectivity index (χ1n) is 25.1. The zero-order valence-electron chi connectivity index (χ0n) is 39.4. The maximum absolute atomic E-state index is 14.1. The Labute approximate surface area is 403 Å². The van der Waals surface area contributed by atoms with Crippen molar-refractivity contribution in [2.24, 2.45) is 52.8 Å². The van der Waals surface area contributed by atoms with E-state index in [9.17, 15) is 14.0 Å². The second-order valence-corrected chi connectivity index (χ2v) is 23.7. The van der Waals surface area contributed by atoms with Gasteiger partial charge < -0.3 is 23.7 Å². The van der Waals surface area contributed by atoms with Crippen LogP contribution in [0, 0.1) is 58.6 Å². The van der Waals surface area contributed by atoms with E-state index in [4.69, 9.17) is 23.7 Å². The van der Waals surface area contributed by atoms with Gasteiger partial charge in [-0.2, -0.15) is 0 Å². The van der Waals surface area contributed by atoms with Gasteiger partial charge in [-0.15, -0.1) is 0 Å². The molecule has 9 heteroatoms. The SMILES string of the molecule is CC1(CC(=O)COc2ccc(COc3ccc([S+](c4ccc(F)cc4)c4ccc(OCc5ccc(OCC(=O)OC6(C)C7CC8CC(C7)CC6C8)cc5)cc4)cc3)cc2)C2CC3CC(C2)CC1C3. The standard InChI is InChI=1S/C59H64FO7S/c1-58(44-25-40-23-41(27-44)28-45(58)26-40)33-49(61)36-65-50-9-3-38(4-10-50)34-63-52-13-19-55(20-14-52)68(54-17-7-48(60)8-18-54)56-21-15-53(16-22-56)64-35-39-5-11-51(12-6-39)66-37-57(62)67-59(2)46-29-42-24-43(31-46)32-47(59)30-42/h3-22,40-47H,23-37H2,1-2H3/q+1. The van der Waals surface area contributed by atoms with Gasteiger partial charge >= 0.3 is 5.97 Å². The fourth-order valence-corrected chi connectivity index (χ4v) is 16.0. The van der Waals surface area contributed by atoms with Crippen LogP contribution in [0.1, 0.15) is 95.6 Å². The number of carbonyl (C=O) groups is 2. The van der Waals surface area contributed by atoms with Crippen molar-refractivity contribution in [3.63, 3.8) is 0 Å². The average Bonchev–Trinajstić information content (AvgIpc) is 3.34. The Bertz CT molecular complexity index is 2340. The van der Waals surface area contributed by atoms with E-state index >= 15 is 0 Å². The summed E-state index contributed by atoms with van der Waals surface area (Å²) in [7, 11) is -0.510. The summed E-state index contributed by atoms with van der Waals surface area (Å²) >= 11 is 0. The molecule has 68 heavy (non-hydrogen) atoms. The van der Waals surface area contributed by atoms with Crippen molar-refractivity contribution in [2.45, 2.75) is 118 Å². The molecule has 8 fully saturated rings. The molecule has 0 amide bonds. The number of benzene rings is 5. The summed E-state index contributed by atoms with van der Waals surface area (Å²) in [5, 5.41) is 0. The first-order chi connectivity index (χ1) is 33.0. The number of ketones is 1. The van der Waals surface area contributed by atoms with Crippen LogP contribution in [-0.2, 0) is 38.4 Å². The second-order valence-electron chi connectivity index (χ2n) is 21.6. The molecule has 13 rings (SSSR count). The minimum Gasteiger partial charge on any atom is -0.489 e. The molecule has 0 N–H and O–H groups in total. The lowest BCUT2D eigenvalue weighted by Crippen LogP contribution is -2.58. The van der Waals surface area contributed by atoms with E-state index in [2.05, 4.69) is 38.1 Å². The minimum atomic E-state index is -0.510. The van der Waals surface area contributed by atoms with Crippen molar-refractivity contribution in [1.29, 1.82) is 0 Å². The van der Waals surface area contributed by atoms with Crippen molar-refractivity contribution in [1.82, 2.24) is 0 Å². The molecule has 7 nitrogen and oxygen atoms in total. The van der Waals surface area contributed by atoms with E-state index in [0.29, 0.717) is 54.8 Å². The van der Waals surface area contributed by atoms with Gasteiger partial charge in [0, 0.05) is 6.42 Å². The molecule has 1 atom stereocenters. The monoisotopic (exact) mass is 935 g/mol. The molecule has 0 spiro atoms. The molecule has 1 unspecified atom stereocenters. The van der Waals surface area contributed by atoms with Crippen LogP contribution in [0.2, 0.25) is 0 Å². The van der Waals surface area contributed by atoms with Crippen molar-refractivity contribution in [2.75, 3.05) is 13.2 Å². The van der Waals surface area contributed by atoms with Crippen LogP contribution in [0.15, 0.2) is 136 Å². The molecule has 0 aromatic heterocycles. The maximum Gasteiger partial charge on any atom is 0.344 e. The summed E-state index contributed by atoms with van der Waals surface area (Å²) in [6.45, 7) is 5.33. The van der Waals surface area contributed by atoms with Gasteiger partial charge in [0.1, 0.15) is 54.2 Å². The highest BCUT2D eigenvalue weighted by molar-refractivity contribution is 7.97. The van der Waals surface area contributed by atoms with E-state index in [0.717, 1.165) is 61.0 Å². The molecule has 8 bridgehead atoms. The highest BCUT2D eigenvalue weighted by Crippen LogP contribution is 2.63. The lowest BCUT2D eigenvalue weighted by Gasteiger charge is -2.60. The van der Waals surface area contributed by atoms with Gasteiger partial charge in [0.25, 0.3) is 0 Å². The Kier molecular flexibility index (Phi) is 12.6. The summed E-state index contributed by atoms with van der Waals surface area (Å²) < 4.78 is 44.5. The number of Topliss-reactive ketones (excluding diaryl/α,β-unsaturated/α-hetero) is 1. The van der Waals surface area contributed by atoms with Gasteiger partial charge in [0.15, 0.2) is 27.1 Å². The number of hydrogen-bond donors (Lipinski definition) is 0. The first-order valence-corrected chi connectivity index (χ1v) is 26.4. The maximum atomic E-state index is 14.1. The molecule has 8 aliphatic rings. The summed E-state index contributed by atoms with van der Waals surface area (Å²) in [6.07, 6.45) is 13.4. The van der Waals surface area contributed by atoms with Crippen LogP contribution in [0.3, 0.4) is 0 Å². The minimum absolute atomic E-state index is 0.0976. The predicted molar refractivity (Wildman–Crippen MR) is 260 cm³/mol. The second kappa shape index (κ2) is 18.9. The van der Waals surface area contributed by atoms with Crippen LogP contribution in [0.4, 0.5) is 4.39 Å². The third-order valence-electron chi connectivity index (χ3n) is 17.3. The topological polar surface area (TPSA) is 80.3 Å². The molecule has 5 aromatic rings. The molecule has 8 saturated carbocycles. The van der Waals surface area contributed by atoms with Gasteiger partial charge in [-0.05, 0) is 232 Å². The van der Waals surface area contributed by atoms with Gasteiger partial charge in [-0.25, -0.2) is 9.18 Å². The van der Waals surface area contributed by atoms with E-state index in [1.807, 2.05) is 84.9 Å². The van der Waals surface area contributed by atoms with Crippen LogP contribution in [0.5, 0.6) is 23.0 Å². The molecule has 0 radical (unpaired) electrons. The molecule has 354 valence electrons. The zero-order valence-corrected chi connectivity index (χ0v) is 40.2. The molecular formula is C59H64FO7S+. The van der Waals surface area contributed by atoms with Gasteiger partial charge in [-0.3, -0.25) is 4.79 Å². The van der Waals surface area contributed by atoms with Crippen LogP contribution in [0.25, 0.3) is 0 Å². The number of hydrogen-bond acceptors (Lipinski definition) is 7. The van der Waals surface area contributed by atoms with Crippen molar-refractivity contribution in [3.8, 4) is 23.0 Å². The predicted octanol–water partition coefficient (Wildman–Crippen LogP) is 13.0. The largest absolute Gasteiger partial charge is 0.489 e. The average molecular weight is 936 g/mol. The Balaban J connectivity index is 0.653. The quantitative estimate of drug-likeness (QED) is 0.0639. The van der Waals surface area contributed by atoms with Gasteiger partial charge in [-0.1, -0.05) is 31.2 Å². The van der Waals surface area contributed by atoms with E-state index in [1.165, 1.54) is 76.3 Å². The fraction of sp³-hybridized carbons (Fsp3) is 0.458. The summed E-state index contributed by atoms with van der Waals surface area (Å²) in [5.41, 5.74) is 1.76. The first kappa shape index (κ1) is 45.2. The van der Waals surface area contributed by atoms with Crippen molar-refractivity contribution >= 4 is 22.6 Å². The number of esters is 1. The molecular weight excluding hydrogens is 872 g/mol. The molecule has 0 aliphatic heterocycles. The molecule has 8 aliphatic carbocycles. The van der Waals surface area contributed by atoms with Gasteiger partial charge in [0.05, 0.1) is 10.9 Å². The smallest absolute Gasteiger partial charge is 0.344 e. The molecule has 0 saturated heterocycles.